The van der Waals surface area contributed by atoms with Crippen molar-refractivity contribution in [2.45, 2.75) is 11.9 Å². The van der Waals surface area contributed by atoms with Crippen molar-refractivity contribution < 1.29 is 14.3 Å². The predicted octanol–water partition coefficient (Wildman–Crippen LogP) is 2.93. The maximum Gasteiger partial charge on any atom is 0.255 e. The van der Waals surface area contributed by atoms with Gasteiger partial charge in [0.25, 0.3) is 5.91 Å². The lowest BCUT2D eigenvalue weighted by molar-refractivity contribution is -0.132. The van der Waals surface area contributed by atoms with Gasteiger partial charge in [0.05, 0.1) is 19.0 Å². The van der Waals surface area contributed by atoms with Crippen LogP contribution in [0.4, 0.5) is 0 Å². The number of rotatable bonds is 5. The van der Waals surface area contributed by atoms with E-state index in [1.54, 1.807) is 0 Å². The molecule has 2 aliphatic heterocycles. The highest BCUT2D eigenvalue weighted by molar-refractivity contribution is 8.00. The second-order valence-corrected chi connectivity index (χ2v) is 7.73. The van der Waals surface area contributed by atoms with Crippen LogP contribution in [0.2, 0.25) is 0 Å². The molecule has 2 aliphatic rings. The number of carbonyl (C=O) groups excluding carboxylic acids is 2. The van der Waals surface area contributed by atoms with E-state index in [0.29, 0.717) is 38.6 Å². The highest BCUT2D eigenvalue weighted by atomic mass is 32.2. The van der Waals surface area contributed by atoms with Gasteiger partial charge in [0.1, 0.15) is 5.37 Å². The molecule has 2 aromatic carbocycles. The molecule has 0 radical (unpaired) electrons. The predicted molar refractivity (Wildman–Crippen MR) is 105 cm³/mol. The minimum absolute atomic E-state index is 0.0331. The van der Waals surface area contributed by atoms with Crippen LogP contribution in [0.5, 0.6) is 0 Å². The zero-order valence-electron chi connectivity index (χ0n) is 15.0. The molecule has 0 N–H and O–H groups in total. The fourth-order valence-corrected chi connectivity index (χ4v) is 4.72. The Kier molecular flexibility index (Phi) is 5.45. The summed E-state index contributed by atoms with van der Waals surface area (Å²) in [6, 6.07) is 17.7. The molecule has 27 heavy (non-hydrogen) atoms. The zero-order valence-corrected chi connectivity index (χ0v) is 15.9. The molecule has 0 bridgehead atoms. The molecule has 2 heterocycles. The average molecular weight is 382 g/mol. The number of thioether (sulfide) groups is 1. The van der Waals surface area contributed by atoms with Crippen molar-refractivity contribution in [3.05, 3.63) is 71.3 Å². The molecular weight excluding hydrogens is 360 g/mol. The highest BCUT2D eigenvalue weighted by Crippen LogP contribution is 2.42. The van der Waals surface area contributed by atoms with E-state index in [9.17, 15) is 9.59 Å². The summed E-state index contributed by atoms with van der Waals surface area (Å²) in [5.74, 6) is 0.503. The van der Waals surface area contributed by atoms with Crippen LogP contribution in [-0.4, -0.2) is 53.7 Å². The van der Waals surface area contributed by atoms with E-state index in [2.05, 4.69) is 0 Å². The second kappa shape index (κ2) is 8.15. The molecule has 0 saturated carbocycles. The number of morpholine rings is 1. The summed E-state index contributed by atoms with van der Waals surface area (Å²) >= 11 is 1.53. The Morgan fingerprint density at radius 2 is 1.74 bits per heavy atom. The van der Waals surface area contributed by atoms with E-state index in [4.69, 9.17) is 4.74 Å². The molecule has 0 aromatic heterocycles. The molecule has 0 spiro atoms. The van der Waals surface area contributed by atoms with Gasteiger partial charge in [0.2, 0.25) is 5.91 Å². The third-order valence-electron chi connectivity index (χ3n) is 4.93. The maximum atomic E-state index is 13.0. The number of nitrogens with zero attached hydrogens (tertiary/aromatic N) is 2. The van der Waals surface area contributed by atoms with Crippen molar-refractivity contribution in [3.63, 3.8) is 0 Å². The first-order valence-electron chi connectivity index (χ1n) is 9.15. The van der Waals surface area contributed by atoms with Crippen LogP contribution in [0.3, 0.4) is 0 Å². The van der Waals surface area contributed by atoms with Gasteiger partial charge in [0.15, 0.2) is 0 Å². The van der Waals surface area contributed by atoms with Crippen molar-refractivity contribution in [2.75, 3.05) is 32.1 Å². The summed E-state index contributed by atoms with van der Waals surface area (Å²) in [6.07, 6.45) is 0. The Balaban J connectivity index is 1.51. The van der Waals surface area contributed by atoms with Gasteiger partial charge in [-0.3, -0.25) is 9.59 Å². The Labute approximate surface area is 163 Å². The smallest absolute Gasteiger partial charge is 0.255 e. The molecule has 6 heteroatoms. The van der Waals surface area contributed by atoms with Crippen molar-refractivity contribution in [3.8, 4) is 0 Å². The molecule has 0 aliphatic carbocycles. The molecule has 2 amide bonds. The second-order valence-electron chi connectivity index (χ2n) is 6.66. The molecular formula is C21H22N2O3S. The standard InChI is InChI=1S/C21H22N2O3S/c24-19(22-10-12-26-13-11-22)15-27-21-18-9-5-4-8-17(18)20(25)23(21)14-16-6-2-1-3-7-16/h1-9,21H,10-15H2/t21-/m1/s1. The third-order valence-corrected chi connectivity index (χ3v) is 6.16. The van der Waals surface area contributed by atoms with Gasteiger partial charge >= 0.3 is 0 Å². The minimum Gasteiger partial charge on any atom is -0.378 e. The largest absolute Gasteiger partial charge is 0.378 e. The van der Waals surface area contributed by atoms with Crippen LogP contribution in [-0.2, 0) is 16.1 Å². The number of amides is 2. The summed E-state index contributed by atoms with van der Waals surface area (Å²) in [7, 11) is 0. The van der Waals surface area contributed by atoms with Crippen molar-refractivity contribution in [2.24, 2.45) is 0 Å². The lowest BCUT2D eigenvalue weighted by atomic mass is 10.1. The first-order chi connectivity index (χ1) is 13.2. The monoisotopic (exact) mass is 382 g/mol. The number of ether oxygens (including phenoxy) is 1. The normalized spacial score (nSPS) is 19.3. The van der Waals surface area contributed by atoms with Crippen molar-refractivity contribution in [1.82, 2.24) is 9.80 Å². The Morgan fingerprint density at radius 3 is 2.52 bits per heavy atom. The Hall–Kier alpha value is -2.31. The SMILES string of the molecule is O=C(CS[C@@H]1c2ccccc2C(=O)N1Cc1ccccc1)N1CCOCC1. The fraction of sp³-hybridized carbons (Fsp3) is 0.333. The Morgan fingerprint density at radius 1 is 1.04 bits per heavy atom. The lowest BCUT2D eigenvalue weighted by Gasteiger charge is -2.29. The highest BCUT2D eigenvalue weighted by Gasteiger charge is 2.37. The van der Waals surface area contributed by atoms with Gasteiger partial charge in [-0.05, 0) is 17.2 Å². The van der Waals surface area contributed by atoms with E-state index in [-0.39, 0.29) is 17.2 Å². The van der Waals surface area contributed by atoms with Crippen LogP contribution in [0.25, 0.3) is 0 Å². The van der Waals surface area contributed by atoms with Crippen LogP contribution in [0.1, 0.15) is 26.9 Å². The fourth-order valence-electron chi connectivity index (χ4n) is 3.51. The van der Waals surface area contributed by atoms with Gasteiger partial charge in [-0.15, -0.1) is 11.8 Å². The van der Waals surface area contributed by atoms with E-state index < -0.39 is 0 Å². The number of carbonyl (C=O) groups is 2. The topological polar surface area (TPSA) is 49.9 Å². The van der Waals surface area contributed by atoms with Gasteiger partial charge in [-0.1, -0.05) is 48.5 Å². The van der Waals surface area contributed by atoms with E-state index in [1.807, 2.05) is 64.4 Å². The van der Waals surface area contributed by atoms with Crippen LogP contribution < -0.4 is 0 Å². The third kappa shape index (κ3) is 3.87. The number of hydrogen-bond donors (Lipinski definition) is 0. The molecule has 2 aromatic rings. The Bertz CT molecular complexity index is 821. The first-order valence-corrected chi connectivity index (χ1v) is 10.2. The quantitative estimate of drug-likeness (QED) is 0.798. The molecule has 140 valence electrons. The van der Waals surface area contributed by atoms with Crippen LogP contribution >= 0.6 is 11.8 Å². The minimum atomic E-state index is -0.140. The van der Waals surface area contributed by atoms with Gasteiger partial charge < -0.3 is 14.5 Å². The number of hydrogen-bond acceptors (Lipinski definition) is 4. The van der Waals surface area contributed by atoms with E-state index >= 15 is 0 Å². The molecule has 1 fully saturated rings. The zero-order chi connectivity index (χ0) is 18.6. The molecule has 1 saturated heterocycles. The summed E-state index contributed by atoms with van der Waals surface area (Å²) < 4.78 is 5.32. The van der Waals surface area contributed by atoms with E-state index in [1.165, 1.54) is 11.8 Å². The van der Waals surface area contributed by atoms with Gasteiger partial charge in [0, 0.05) is 25.2 Å². The van der Waals surface area contributed by atoms with E-state index in [0.717, 1.165) is 16.7 Å². The first kappa shape index (κ1) is 18.1. The molecule has 1 atom stereocenters. The average Bonchev–Trinajstić information content (AvgIpc) is 2.99. The van der Waals surface area contributed by atoms with Gasteiger partial charge in [-0.25, -0.2) is 0 Å². The summed E-state index contributed by atoms with van der Waals surface area (Å²) in [5.41, 5.74) is 2.83. The lowest BCUT2D eigenvalue weighted by Crippen LogP contribution is -2.41. The summed E-state index contributed by atoms with van der Waals surface area (Å²) in [6.45, 7) is 3.03. The summed E-state index contributed by atoms with van der Waals surface area (Å²) in [5, 5.41) is -0.140. The summed E-state index contributed by atoms with van der Waals surface area (Å²) in [4.78, 5) is 29.2. The molecule has 0 unspecified atom stereocenters. The number of fused-ring (bicyclic) bond motifs is 1. The van der Waals surface area contributed by atoms with Crippen molar-refractivity contribution >= 4 is 23.6 Å². The van der Waals surface area contributed by atoms with Gasteiger partial charge in [-0.2, -0.15) is 0 Å². The maximum absolute atomic E-state index is 13.0. The van der Waals surface area contributed by atoms with Crippen molar-refractivity contribution in [1.29, 1.82) is 0 Å². The number of benzene rings is 2. The molecule has 4 rings (SSSR count). The molecule has 5 nitrogen and oxygen atoms in total. The van der Waals surface area contributed by atoms with Crippen LogP contribution in [0.15, 0.2) is 54.6 Å². The van der Waals surface area contributed by atoms with Crippen LogP contribution in [0, 0.1) is 0 Å².